The number of nitrogens with two attached hydrogens (primary N) is 1. The maximum atomic E-state index is 13.1. The predicted molar refractivity (Wildman–Crippen MR) is 118 cm³/mol. The van der Waals surface area contributed by atoms with Crippen molar-refractivity contribution < 1.29 is 13.2 Å². The largest absolute Gasteiger partial charge is 0.497 e. The standard InChI is InChI=1S/C22H20N4O3S/c1-24-17-7-9-18(10-8-17)25-22(23)16-5-4-6-21(15-16)30(27,28)26(2)19-11-13-20(29-3)14-12-19/h4-15H,2-3H3,(H2,23,25). The van der Waals surface area contributed by atoms with Crippen LogP contribution < -0.4 is 14.8 Å². The maximum absolute atomic E-state index is 13.1. The summed E-state index contributed by atoms with van der Waals surface area (Å²) in [6, 6.07) is 19.7. The summed E-state index contributed by atoms with van der Waals surface area (Å²) >= 11 is 0. The lowest BCUT2D eigenvalue weighted by Gasteiger charge is -2.20. The fourth-order valence-corrected chi connectivity index (χ4v) is 3.95. The fraction of sp³-hybridized carbons (Fsp3) is 0.0909. The van der Waals surface area contributed by atoms with Gasteiger partial charge in [0.15, 0.2) is 5.69 Å². The third kappa shape index (κ3) is 4.42. The Balaban J connectivity index is 1.90. The van der Waals surface area contributed by atoms with E-state index in [0.29, 0.717) is 28.4 Å². The zero-order valence-corrected chi connectivity index (χ0v) is 17.3. The quantitative estimate of drug-likeness (QED) is 0.369. The highest BCUT2D eigenvalue weighted by molar-refractivity contribution is 7.92. The first-order valence-electron chi connectivity index (χ1n) is 8.90. The van der Waals surface area contributed by atoms with Gasteiger partial charge in [0.25, 0.3) is 10.0 Å². The van der Waals surface area contributed by atoms with E-state index >= 15 is 0 Å². The van der Waals surface area contributed by atoms with Gasteiger partial charge in [-0.1, -0.05) is 24.3 Å². The Bertz CT molecular complexity index is 1210. The number of hydrogen-bond donors (Lipinski definition) is 1. The van der Waals surface area contributed by atoms with Gasteiger partial charge in [-0.3, -0.25) is 4.31 Å². The molecule has 0 aliphatic heterocycles. The summed E-state index contributed by atoms with van der Waals surface area (Å²) in [4.78, 5) is 7.75. The van der Waals surface area contributed by atoms with Gasteiger partial charge < -0.3 is 10.5 Å². The SMILES string of the molecule is [C-]#[N+]c1ccc(N=C(N)c2cccc(S(=O)(=O)N(C)c3ccc(OC)cc3)c2)cc1. The van der Waals surface area contributed by atoms with Crippen LogP contribution in [0.15, 0.2) is 82.7 Å². The number of anilines is 1. The second-order valence-corrected chi connectivity index (χ2v) is 8.29. The van der Waals surface area contributed by atoms with Crippen LogP contribution in [0.4, 0.5) is 17.1 Å². The van der Waals surface area contributed by atoms with Crippen molar-refractivity contribution in [3.8, 4) is 5.75 Å². The number of amidine groups is 1. The Labute approximate surface area is 175 Å². The molecule has 0 aromatic heterocycles. The summed E-state index contributed by atoms with van der Waals surface area (Å²) < 4.78 is 32.5. The number of methoxy groups -OCH3 is 1. The van der Waals surface area contributed by atoms with Gasteiger partial charge in [-0.25, -0.2) is 18.3 Å². The molecular weight excluding hydrogens is 400 g/mol. The Morgan fingerprint density at radius 1 is 1.07 bits per heavy atom. The minimum Gasteiger partial charge on any atom is -0.497 e. The van der Waals surface area contributed by atoms with Gasteiger partial charge in [0, 0.05) is 12.6 Å². The normalized spacial score (nSPS) is 11.6. The van der Waals surface area contributed by atoms with Crippen LogP contribution in [0.3, 0.4) is 0 Å². The van der Waals surface area contributed by atoms with Crippen molar-refractivity contribution in [1.82, 2.24) is 0 Å². The molecule has 3 aromatic carbocycles. The molecule has 152 valence electrons. The van der Waals surface area contributed by atoms with Gasteiger partial charge >= 0.3 is 0 Å². The smallest absolute Gasteiger partial charge is 0.264 e. The highest BCUT2D eigenvalue weighted by atomic mass is 32.2. The lowest BCUT2D eigenvalue weighted by Crippen LogP contribution is -2.27. The van der Waals surface area contributed by atoms with Crippen LogP contribution in [0.2, 0.25) is 0 Å². The number of nitrogens with zero attached hydrogens (tertiary/aromatic N) is 3. The zero-order chi connectivity index (χ0) is 21.7. The molecule has 0 fully saturated rings. The van der Waals surface area contributed by atoms with Crippen molar-refractivity contribution in [2.24, 2.45) is 10.7 Å². The van der Waals surface area contributed by atoms with Crippen molar-refractivity contribution in [2.45, 2.75) is 4.90 Å². The molecule has 30 heavy (non-hydrogen) atoms. The van der Waals surface area contributed by atoms with Crippen molar-refractivity contribution in [3.63, 3.8) is 0 Å². The monoisotopic (exact) mass is 420 g/mol. The average molecular weight is 420 g/mol. The molecule has 0 amide bonds. The second-order valence-electron chi connectivity index (χ2n) is 6.32. The van der Waals surface area contributed by atoms with E-state index in [9.17, 15) is 8.42 Å². The summed E-state index contributed by atoms with van der Waals surface area (Å²) in [6.07, 6.45) is 0. The van der Waals surface area contributed by atoms with Crippen molar-refractivity contribution in [1.29, 1.82) is 0 Å². The molecule has 0 unspecified atom stereocenters. The lowest BCUT2D eigenvalue weighted by atomic mass is 10.2. The highest BCUT2D eigenvalue weighted by Gasteiger charge is 2.22. The summed E-state index contributed by atoms with van der Waals surface area (Å²) in [7, 11) is -0.767. The molecule has 0 atom stereocenters. The van der Waals surface area contributed by atoms with Gasteiger partial charge in [0.1, 0.15) is 11.6 Å². The molecule has 0 bridgehead atoms. The lowest BCUT2D eigenvalue weighted by molar-refractivity contribution is 0.415. The topological polar surface area (TPSA) is 89.3 Å². The average Bonchev–Trinajstić information content (AvgIpc) is 2.79. The van der Waals surface area contributed by atoms with Gasteiger partial charge in [-0.2, -0.15) is 0 Å². The third-order valence-corrected chi connectivity index (χ3v) is 6.23. The van der Waals surface area contributed by atoms with E-state index in [1.165, 1.54) is 23.5 Å². The summed E-state index contributed by atoms with van der Waals surface area (Å²) in [5.74, 6) is 0.815. The summed E-state index contributed by atoms with van der Waals surface area (Å²) in [6.45, 7) is 6.99. The molecule has 0 spiro atoms. The molecule has 0 saturated carbocycles. The Hall–Kier alpha value is -3.83. The molecule has 0 heterocycles. The number of rotatable bonds is 6. The Kier molecular flexibility index (Phi) is 6.04. The van der Waals surface area contributed by atoms with Crippen LogP contribution in [0.1, 0.15) is 5.56 Å². The zero-order valence-electron chi connectivity index (χ0n) is 16.5. The van der Waals surface area contributed by atoms with Gasteiger partial charge in [0.2, 0.25) is 0 Å². The second kappa shape index (κ2) is 8.68. The summed E-state index contributed by atoms with van der Waals surface area (Å²) in [5, 5.41) is 0. The number of sulfonamides is 1. The maximum Gasteiger partial charge on any atom is 0.264 e. The van der Waals surface area contributed by atoms with Crippen LogP contribution >= 0.6 is 0 Å². The number of hydrogen-bond acceptors (Lipinski definition) is 4. The molecule has 0 saturated heterocycles. The van der Waals surface area contributed by atoms with E-state index in [1.807, 2.05) is 0 Å². The van der Waals surface area contributed by atoms with E-state index in [-0.39, 0.29) is 10.7 Å². The van der Waals surface area contributed by atoms with Gasteiger partial charge in [0.05, 0.1) is 30.0 Å². The Morgan fingerprint density at radius 2 is 1.73 bits per heavy atom. The van der Waals surface area contributed by atoms with Crippen molar-refractivity contribution >= 4 is 32.9 Å². The van der Waals surface area contributed by atoms with E-state index in [1.54, 1.807) is 67.8 Å². The van der Waals surface area contributed by atoms with Crippen LogP contribution in [0.25, 0.3) is 4.85 Å². The molecule has 3 rings (SSSR count). The molecular formula is C22H20N4O3S. The van der Waals surface area contributed by atoms with Gasteiger partial charge in [-0.05, 0) is 48.5 Å². The number of aliphatic imine (C=N–C) groups is 1. The molecule has 0 radical (unpaired) electrons. The molecule has 8 heteroatoms. The van der Waals surface area contributed by atoms with E-state index in [2.05, 4.69) is 9.84 Å². The van der Waals surface area contributed by atoms with E-state index in [0.717, 1.165) is 0 Å². The van der Waals surface area contributed by atoms with Crippen molar-refractivity contribution in [3.05, 3.63) is 89.8 Å². The number of ether oxygens (including phenoxy) is 1. The van der Waals surface area contributed by atoms with Crippen LogP contribution in [-0.2, 0) is 10.0 Å². The molecule has 0 aliphatic rings. The number of benzene rings is 3. The predicted octanol–water partition coefficient (Wildman–Crippen LogP) is 4.11. The third-order valence-electron chi connectivity index (χ3n) is 4.45. The van der Waals surface area contributed by atoms with Crippen LogP contribution in [0, 0.1) is 6.57 Å². The minimum absolute atomic E-state index is 0.0971. The molecule has 7 nitrogen and oxygen atoms in total. The molecule has 2 N–H and O–H groups in total. The molecule has 3 aromatic rings. The first-order chi connectivity index (χ1) is 14.3. The van der Waals surface area contributed by atoms with Crippen molar-refractivity contribution in [2.75, 3.05) is 18.5 Å². The Morgan fingerprint density at radius 3 is 2.33 bits per heavy atom. The van der Waals surface area contributed by atoms with Crippen LogP contribution in [0.5, 0.6) is 5.75 Å². The highest BCUT2D eigenvalue weighted by Crippen LogP contribution is 2.25. The summed E-state index contributed by atoms with van der Waals surface area (Å²) in [5.41, 5.74) is 8.15. The van der Waals surface area contributed by atoms with E-state index < -0.39 is 10.0 Å². The van der Waals surface area contributed by atoms with Crippen LogP contribution in [-0.4, -0.2) is 28.4 Å². The minimum atomic E-state index is -3.80. The fourth-order valence-electron chi connectivity index (χ4n) is 2.71. The van der Waals surface area contributed by atoms with Gasteiger partial charge in [-0.15, -0.1) is 0 Å². The first-order valence-corrected chi connectivity index (χ1v) is 10.3. The molecule has 0 aliphatic carbocycles. The first kappa shape index (κ1) is 20.9. The van der Waals surface area contributed by atoms with E-state index in [4.69, 9.17) is 17.0 Å².